The van der Waals surface area contributed by atoms with Gasteiger partial charge in [0.05, 0.1) is 0 Å². The molecule has 0 saturated heterocycles. The average molecular weight is 374 g/mol. The standard InChI is InChI=1S/C16H20.2ClH.Zr/c1-11-5-7-15(13(11)3)9-10-16-8-6-12(2)14(16)4;;;/h7-10H2,1-4H3;2*1H;/q-2;;;+4/p-2. The van der Waals surface area contributed by atoms with Gasteiger partial charge < -0.3 is 24.8 Å². The normalized spacial score (nSPS) is 17.5. The molecule has 0 unspecified atom stereocenters. The van der Waals surface area contributed by atoms with E-state index in [1.165, 1.54) is 35.1 Å². The van der Waals surface area contributed by atoms with E-state index in [2.05, 4.69) is 39.8 Å². The van der Waals surface area contributed by atoms with E-state index in [1.54, 1.807) is 11.1 Å². The van der Waals surface area contributed by atoms with Crippen molar-refractivity contribution in [3.8, 4) is 0 Å². The fourth-order valence-corrected chi connectivity index (χ4v) is 2.39. The molecule has 102 valence electrons. The van der Waals surface area contributed by atoms with Gasteiger partial charge in [-0.15, -0.1) is 26.7 Å². The molecule has 0 saturated carbocycles. The van der Waals surface area contributed by atoms with E-state index in [1.807, 2.05) is 0 Å². The summed E-state index contributed by atoms with van der Waals surface area (Å²) in [7, 11) is 0. The average Bonchev–Trinajstić information content (AvgIpc) is 2.74. The van der Waals surface area contributed by atoms with Gasteiger partial charge in [-0.3, -0.25) is 12.2 Å². The third kappa shape index (κ3) is 5.03. The van der Waals surface area contributed by atoms with Crippen LogP contribution in [0.3, 0.4) is 0 Å². The molecule has 2 rings (SSSR count). The van der Waals surface area contributed by atoms with Crippen molar-refractivity contribution in [3.05, 3.63) is 45.6 Å². The minimum atomic E-state index is 0. The van der Waals surface area contributed by atoms with Crippen LogP contribution >= 0.6 is 0 Å². The van der Waals surface area contributed by atoms with E-state index >= 15 is 0 Å². The van der Waals surface area contributed by atoms with Gasteiger partial charge >= 0.3 is 26.2 Å². The Morgan fingerprint density at radius 3 is 1.26 bits per heavy atom. The van der Waals surface area contributed by atoms with Crippen LogP contribution in [0.25, 0.3) is 0 Å². The molecule has 0 fully saturated rings. The van der Waals surface area contributed by atoms with Crippen LogP contribution in [-0.2, 0) is 26.2 Å². The molecule has 3 heteroatoms. The van der Waals surface area contributed by atoms with Crippen LogP contribution in [0.15, 0.2) is 33.4 Å². The summed E-state index contributed by atoms with van der Waals surface area (Å²) in [5.41, 5.74) is 8.83. The Bertz CT molecular complexity index is 398. The number of halogens is 2. The molecular weight excluding hydrogens is 354 g/mol. The first-order valence-corrected chi connectivity index (χ1v) is 6.12. The van der Waals surface area contributed by atoms with Crippen molar-refractivity contribution in [3.63, 3.8) is 0 Å². The molecule has 0 aromatic heterocycles. The molecule has 0 nitrogen and oxygen atoms in total. The summed E-state index contributed by atoms with van der Waals surface area (Å²) in [6.45, 7) is 8.80. The Kier molecular flexibility index (Phi) is 10.7. The molecular formula is C16H20Cl2Zr. The number of hydrogen-bond donors (Lipinski definition) is 0. The Labute approximate surface area is 149 Å². The summed E-state index contributed by atoms with van der Waals surface area (Å²) in [5, 5.41) is 0. The van der Waals surface area contributed by atoms with Crippen molar-refractivity contribution < 1.29 is 51.0 Å². The third-order valence-corrected chi connectivity index (χ3v) is 4.05. The van der Waals surface area contributed by atoms with Gasteiger partial charge in [-0.25, -0.2) is 11.1 Å². The molecule has 0 bridgehead atoms. The van der Waals surface area contributed by atoms with E-state index in [9.17, 15) is 0 Å². The van der Waals surface area contributed by atoms with Crippen molar-refractivity contribution in [2.24, 2.45) is 0 Å². The first kappa shape index (κ1) is 21.7. The van der Waals surface area contributed by atoms with Crippen LogP contribution in [0.2, 0.25) is 0 Å². The second-order valence-electron chi connectivity index (χ2n) is 4.91. The summed E-state index contributed by atoms with van der Waals surface area (Å²) in [6.07, 6.45) is 11.4. The summed E-state index contributed by atoms with van der Waals surface area (Å²) >= 11 is 0. The largest absolute Gasteiger partial charge is 4.00 e. The van der Waals surface area contributed by atoms with Gasteiger partial charge in [0.15, 0.2) is 0 Å². The molecule has 0 aromatic rings. The van der Waals surface area contributed by atoms with Gasteiger partial charge in [0.1, 0.15) is 0 Å². The van der Waals surface area contributed by atoms with E-state index in [0.29, 0.717) is 0 Å². The second kappa shape index (κ2) is 9.38. The Hall–Kier alpha value is 0.423. The smallest absolute Gasteiger partial charge is 1.00 e. The predicted molar refractivity (Wildman–Crippen MR) is 68.7 cm³/mol. The molecule has 0 aromatic carbocycles. The first-order valence-electron chi connectivity index (χ1n) is 6.12. The Morgan fingerprint density at radius 1 is 0.737 bits per heavy atom. The SMILES string of the molecule is CC1=[C-]CC(CCC2=C(C)C(C)=[C-]C2)=C1C.[Cl-].[Cl-].[Zr+4]. The van der Waals surface area contributed by atoms with Crippen molar-refractivity contribution in [2.45, 2.75) is 53.4 Å². The zero-order valence-corrected chi connectivity index (χ0v) is 16.1. The van der Waals surface area contributed by atoms with Crippen LogP contribution < -0.4 is 24.8 Å². The second-order valence-corrected chi connectivity index (χ2v) is 4.91. The molecule has 19 heavy (non-hydrogen) atoms. The molecule has 0 atom stereocenters. The van der Waals surface area contributed by atoms with Crippen LogP contribution in [0.1, 0.15) is 53.4 Å². The minimum absolute atomic E-state index is 0. The maximum atomic E-state index is 3.42. The van der Waals surface area contributed by atoms with Gasteiger partial charge in [-0.2, -0.15) is 22.3 Å². The predicted octanol–water partition coefficient (Wildman–Crippen LogP) is -1.29. The van der Waals surface area contributed by atoms with Gasteiger partial charge in [0, 0.05) is 0 Å². The quantitative estimate of drug-likeness (QED) is 0.540. The van der Waals surface area contributed by atoms with Crippen molar-refractivity contribution >= 4 is 0 Å². The minimum Gasteiger partial charge on any atom is -1.00 e. The van der Waals surface area contributed by atoms with Crippen LogP contribution in [0, 0.1) is 12.2 Å². The van der Waals surface area contributed by atoms with Crippen molar-refractivity contribution in [1.82, 2.24) is 0 Å². The molecule has 0 heterocycles. The zero-order valence-electron chi connectivity index (χ0n) is 12.1. The Morgan fingerprint density at radius 2 is 1.05 bits per heavy atom. The fraction of sp³-hybridized carbons (Fsp3) is 0.500. The summed E-state index contributed by atoms with van der Waals surface area (Å²) < 4.78 is 0. The number of hydrogen-bond acceptors (Lipinski definition) is 0. The Balaban J connectivity index is 0. The van der Waals surface area contributed by atoms with Gasteiger partial charge in [0.25, 0.3) is 0 Å². The van der Waals surface area contributed by atoms with Crippen molar-refractivity contribution in [2.75, 3.05) is 0 Å². The fourth-order valence-electron chi connectivity index (χ4n) is 2.39. The number of rotatable bonds is 3. The summed E-state index contributed by atoms with van der Waals surface area (Å²) in [4.78, 5) is 0. The maximum absolute atomic E-state index is 3.42. The summed E-state index contributed by atoms with van der Waals surface area (Å²) in [6, 6.07) is 0. The van der Waals surface area contributed by atoms with Gasteiger partial charge in [0.2, 0.25) is 0 Å². The molecule has 0 radical (unpaired) electrons. The number of allylic oxidation sites excluding steroid dienone is 8. The zero-order chi connectivity index (χ0) is 11.7. The third-order valence-electron chi connectivity index (χ3n) is 4.05. The molecule has 2 aliphatic carbocycles. The van der Waals surface area contributed by atoms with Gasteiger partial charge in [-0.05, 0) is 12.8 Å². The van der Waals surface area contributed by atoms with Gasteiger partial charge in [-0.1, -0.05) is 13.8 Å². The molecule has 0 N–H and O–H groups in total. The van der Waals surface area contributed by atoms with Crippen LogP contribution in [0.5, 0.6) is 0 Å². The van der Waals surface area contributed by atoms with E-state index < -0.39 is 0 Å². The topological polar surface area (TPSA) is 0 Å². The maximum Gasteiger partial charge on any atom is 4.00 e. The monoisotopic (exact) mass is 372 g/mol. The van der Waals surface area contributed by atoms with Crippen LogP contribution in [0.4, 0.5) is 0 Å². The molecule has 0 amide bonds. The molecule has 2 aliphatic rings. The van der Waals surface area contributed by atoms with E-state index in [-0.39, 0.29) is 51.0 Å². The first-order chi connectivity index (χ1) is 7.59. The van der Waals surface area contributed by atoms with Crippen molar-refractivity contribution in [1.29, 1.82) is 0 Å². The molecule has 0 spiro atoms. The molecule has 0 aliphatic heterocycles. The van der Waals surface area contributed by atoms with Crippen LogP contribution in [-0.4, -0.2) is 0 Å². The van der Waals surface area contributed by atoms with E-state index in [4.69, 9.17) is 0 Å². The van der Waals surface area contributed by atoms with E-state index in [0.717, 1.165) is 12.8 Å². The summed E-state index contributed by atoms with van der Waals surface area (Å²) in [5.74, 6) is 0.